The zero-order valence-corrected chi connectivity index (χ0v) is 11.8. The Hall–Kier alpha value is -1.40. The molecule has 1 aromatic heterocycles. The summed E-state index contributed by atoms with van der Waals surface area (Å²) in [6, 6.07) is 6.92. The number of thiazole rings is 1. The van der Waals surface area contributed by atoms with E-state index in [-0.39, 0.29) is 0 Å². The predicted octanol–water partition coefficient (Wildman–Crippen LogP) is 3.26. The van der Waals surface area contributed by atoms with E-state index in [2.05, 4.69) is 26.2 Å². The zero-order chi connectivity index (χ0) is 13.0. The van der Waals surface area contributed by atoms with Gasteiger partial charge < -0.3 is 10.4 Å². The van der Waals surface area contributed by atoms with Crippen LogP contribution in [0.25, 0.3) is 0 Å². The molecule has 0 amide bonds. The fourth-order valence-corrected chi connectivity index (χ4v) is 2.60. The topological polar surface area (TPSA) is 62.2 Å². The molecule has 0 aliphatic carbocycles. The summed E-state index contributed by atoms with van der Waals surface area (Å²) in [6.45, 7) is 0.770. The number of rotatable bonds is 5. The average Bonchev–Trinajstić information content (AvgIpc) is 2.76. The summed E-state index contributed by atoms with van der Waals surface area (Å²) in [6.07, 6.45) is 2.59. The summed E-state index contributed by atoms with van der Waals surface area (Å²) in [5.41, 5.74) is 1.42. The van der Waals surface area contributed by atoms with E-state index in [1.54, 1.807) is 29.7 Å². The van der Waals surface area contributed by atoms with Gasteiger partial charge in [-0.15, -0.1) is 0 Å². The van der Waals surface area contributed by atoms with E-state index in [0.29, 0.717) is 5.56 Å². The van der Waals surface area contributed by atoms with Crippen molar-refractivity contribution in [3.8, 4) is 0 Å². The fourth-order valence-electron chi connectivity index (χ4n) is 1.46. The predicted molar refractivity (Wildman–Crippen MR) is 75.4 cm³/mol. The van der Waals surface area contributed by atoms with Gasteiger partial charge in [0.05, 0.1) is 15.5 Å². The third-order valence-electron chi connectivity index (χ3n) is 2.37. The molecule has 0 saturated heterocycles. The van der Waals surface area contributed by atoms with Crippen molar-refractivity contribution in [1.82, 2.24) is 4.98 Å². The summed E-state index contributed by atoms with van der Waals surface area (Å²) in [7, 11) is 0. The van der Waals surface area contributed by atoms with E-state index in [1.165, 1.54) is 0 Å². The first kappa shape index (κ1) is 13.0. The van der Waals surface area contributed by atoms with Crippen molar-refractivity contribution in [3.63, 3.8) is 0 Å². The highest BCUT2D eigenvalue weighted by atomic mass is 79.9. The number of hydrogen-bond acceptors (Lipinski definition) is 4. The first-order valence-corrected chi connectivity index (χ1v) is 6.93. The molecule has 0 radical (unpaired) electrons. The van der Waals surface area contributed by atoms with E-state index < -0.39 is 5.97 Å². The van der Waals surface area contributed by atoms with Crippen molar-refractivity contribution in [2.75, 3.05) is 11.9 Å². The maximum absolute atomic E-state index is 10.7. The van der Waals surface area contributed by atoms with Gasteiger partial charge in [0, 0.05) is 6.54 Å². The SMILES string of the molecule is O=C(O)c1ccc(CCNc2ncc(Br)s2)cc1. The normalized spacial score (nSPS) is 10.3. The maximum atomic E-state index is 10.7. The minimum absolute atomic E-state index is 0.315. The highest BCUT2D eigenvalue weighted by molar-refractivity contribution is 9.11. The van der Waals surface area contributed by atoms with Crippen molar-refractivity contribution in [3.05, 3.63) is 45.4 Å². The Kier molecular flexibility index (Phi) is 4.33. The molecule has 1 aromatic carbocycles. The average molecular weight is 327 g/mol. The summed E-state index contributed by atoms with van der Waals surface area (Å²) >= 11 is 4.90. The second-order valence-electron chi connectivity index (χ2n) is 3.65. The minimum Gasteiger partial charge on any atom is -0.478 e. The Morgan fingerprint density at radius 3 is 2.67 bits per heavy atom. The van der Waals surface area contributed by atoms with E-state index in [0.717, 1.165) is 27.4 Å². The van der Waals surface area contributed by atoms with E-state index in [4.69, 9.17) is 5.11 Å². The van der Waals surface area contributed by atoms with Crippen LogP contribution in [0.2, 0.25) is 0 Å². The van der Waals surface area contributed by atoms with Gasteiger partial charge in [0.25, 0.3) is 0 Å². The van der Waals surface area contributed by atoms with Crippen LogP contribution in [-0.2, 0) is 6.42 Å². The largest absolute Gasteiger partial charge is 0.478 e. The number of carboxylic acids is 1. The summed E-state index contributed by atoms with van der Waals surface area (Å²) < 4.78 is 0.996. The molecule has 0 spiro atoms. The molecule has 4 nitrogen and oxygen atoms in total. The molecule has 0 aliphatic rings. The smallest absolute Gasteiger partial charge is 0.335 e. The summed E-state index contributed by atoms with van der Waals surface area (Å²) in [5, 5.41) is 12.9. The van der Waals surface area contributed by atoms with Crippen LogP contribution in [0.4, 0.5) is 5.13 Å². The lowest BCUT2D eigenvalue weighted by atomic mass is 10.1. The summed E-state index contributed by atoms with van der Waals surface area (Å²) in [5.74, 6) is -0.896. The second-order valence-corrected chi connectivity index (χ2v) is 6.06. The number of carboxylic acid groups (broad SMARTS) is 1. The van der Waals surface area contributed by atoms with E-state index >= 15 is 0 Å². The third kappa shape index (κ3) is 3.54. The second kappa shape index (κ2) is 5.97. The molecule has 0 unspecified atom stereocenters. The van der Waals surface area contributed by atoms with Crippen LogP contribution in [-0.4, -0.2) is 22.6 Å². The lowest BCUT2D eigenvalue weighted by Gasteiger charge is -2.03. The molecule has 1 heterocycles. The van der Waals surface area contributed by atoms with Gasteiger partial charge >= 0.3 is 5.97 Å². The highest BCUT2D eigenvalue weighted by Crippen LogP contribution is 2.22. The van der Waals surface area contributed by atoms with Gasteiger partial charge in [-0.1, -0.05) is 23.5 Å². The molecule has 18 heavy (non-hydrogen) atoms. The molecule has 6 heteroatoms. The number of carbonyl (C=O) groups is 1. The molecule has 2 aromatic rings. The molecule has 0 fully saturated rings. The van der Waals surface area contributed by atoms with E-state index in [1.807, 2.05) is 12.1 Å². The number of anilines is 1. The first-order valence-electron chi connectivity index (χ1n) is 5.32. The van der Waals surface area contributed by atoms with Crippen LogP contribution < -0.4 is 5.32 Å². The van der Waals surface area contributed by atoms with Gasteiger partial charge in [0.1, 0.15) is 0 Å². The highest BCUT2D eigenvalue weighted by Gasteiger charge is 2.02. The Morgan fingerprint density at radius 2 is 2.11 bits per heavy atom. The first-order chi connectivity index (χ1) is 8.65. The quantitative estimate of drug-likeness (QED) is 0.885. The van der Waals surface area contributed by atoms with Crippen LogP contribution in [0.5, 0.6) is 0 Å². The number of benzene rings is 1. The standard InChI is InChI=1S/C12H11BrN2O2S/c13-10-7-15-12(18-10)14-6-5-8-1-3-9(4-2-8)11(16)17/h1-4,7H,5-6H2,(H,14,15)(H,16,17). The molecule has 2 rings (SSSR count). The third-order valence-corrected chi connectivity index (χ3v) is 3.80. The van der Waals surface area contributed by atoms with Crippen LogP contribution in [0.15, 0.2) is 34.2 Å². The summed E-state index contributed by atoms with van der Waals surface area (Å²) in [4.78, 5) is 14.9. The number of halogens is 1. The lowest BCUT2D eigenvalue weighted by molar-refractivity contribution is 0.0697. The van der Waals surface area contributed by atoms with Crippen LogP contribution in [0.1, 0.15) is 15.9 Å². The van der Waals surface area contributed by atoms with Gasteiger partial charge in [-0.3, -0.25) is 0 Å². The molecular formula is C12H11BrN2O2S. The van der Waals surface area contributed by atoms with Gasteiger partial charge in [-0.25, -0.2) is 9.78 Å². The number of aromatic nitrogens is 1. The monoisotopic (exact) mass is 326 g/mol. The van der Waals surface area contributed by atoms with Crippen molar-refractivity contribution < 1.29 is 9.90 Å². The molecule has 0 bridgehead atoms. The Labute approximate surface area is 117 Å². The molecular weight excluding hydrogens is 316 g/mol. The Morgan fingerprint density at radius 1 is 1.39 bits per heavy atom. The molecule has 0 aliphatic heterocycles. The number of nitrogens with one attached hydrogen (secondary N) is 1. The molecule has 0 atom stereocenters. The van der Waals surface area contributed by atoms with Gasteiger partial charge in [0.15, 0.2) is 5.13 Å². The Bertz CT molecular complexity index is 539. The zero-order valence-electron chi connectivity index (χ0n) is 9.39. The van der Waals surface area contributed by atoms with Crippen molar-refractivity contribution in [2.24, 2.45) is 0 Å². The van der Waals surface area contributed by atoms with Crippen LogP contribution in [0, 0.1) is 0 Å². The van der Waals surface area contributed by atoms with Gasteiger partial charge in [-0.2, -0.15) is 0 Å². The molecule has 2 N–H and O–H groups in total. The minimum atomic E-state index is -0.896. The number of nitrogens with zero attached hydrogens (tertiary/aromatic N) is 1. The fraction of sp³-hybridized carbons (Fsp3) is 0.167. The van der Waals surface area contributed by atoms with Crippen molar-refractivity contribution in [2.45, 2.75) is 6.42 Å². The van der Waals surface area contributed by atoms with Crippen molar-refractivity contribution >= 4 is 38.4 Å². The lowest BCUT2D eigenvalue weighted by Crippen LogP contribution is -2.04. The van der Waals surface area contributed by atoms with Crippen LogP contribution >= 0.6 is 27.3 Å². The molecule has 94 valence electrons. The number of aromatic carboxylic acids is 1. The Balaban J connectivity index is 1.85. The number of hydrogen-bond donors (Lipinski definition) is 2. The van der Waals surface area contributed by atoms with Gasteiger partial charge in [0.2, 0.25) is 0 Å². The van der Waals surface area contributed by atoms with Crippen LogP contribution in [0.3, 0.4) is 0 Å². The van der Waals surface area contributed by atoms with Crippen molar-refractivity contribution in [1.29, 1.82) is 0 Å². The molecule has 0 saturated carbocycles. The van der Waals surface area contributed by atoms with E-state index in [9.17, 15) is 4.79 Å². The van der Waals surface area contributed by atoms with Gasteiger partial charge in [-0.05, 0) is 40.0 Å². The maximum Gasteiger partial charge on any atom is 0.335 e.